The van der Waals surface area contributed by atoms with Crippen molar-refractivity contribution in [3.63, 3.8) is 0 Å². The van der Waals surface area contributed by atoms with E-state index >= 15 is 9.59 Å². The van der Waals surface area contributed by atoms with E-state index in [1.807, 2.05) is 13.8 Å². The average Bonchev–Trinajstić information content (AvgIpc) is 3.69. The Labute approximate surface area is 406 Å². The summed E-state index contributed by atoms with van der Waals surface area (Å²) >= 11 is 0. The minimum atomic E-state index is -0.820. The number of nitrogens with zero attached hydrogens (tertiary/aromatic N) is 2. The summed E-state index contributed by atoms with van der Waals surface area (Å²) < 4.78 is 0. The molecule has 16 atom stereocenters. The van der Waals surface area contributed by atoms with Gasteiger partial charge in [-0.15, -0.1) is 0 Å². The number of allylic oxidation sites excluding steroid dienone is 4. The molecule has 11 heteroatoms. The van der Waals surface area contributed by atoms with Crippen molar-refractivity contribution in [2.45, 2.75) is 132 Å². The Hall–Kier alpha value is -3.08. The second kappa shape index (κ2) is 14.5. The van der Waals surface area contributed by atoms with Gasteiger partial charge in [-0.2, -0.15) is 0 Å². The first-order chi connectivity index (χ1) is 30.1. The van der Waals surface area contributed by atoms with E-state index < -0.39 is 57.3 Å². The van der Waals surface area contributed by atoms with Crippen molar-refractivity contribution in [1.82, 2.24) is 0 Å². The molecule has 1 aromatic rings. The minimum absolute atomic E-state index is 0. The summed E-state index contributed by atoms with van der Waals surface area (Å²) in [6, 6.07) is 6.96. The number of carbonyl (C=O) groups is 6. The Kier molecular flexibility index (Phi) is 10.2. The van der Waals surface area contributed by atoms with E-state index in [-0.39, 0.29) is 111 Å². The van der Waals surface area contributed by atoms with Crippen LogP contribution >= 0.6 is 0 Å². The van der Waals surface area contributed by atoms with Crippen molar-refractivity contribution in [2.75, 3.05) is 9.80 Å². The topological polar surface area (TPSA) is 149 Å². The quantitative estimate of drug-likeness (QED) is 0.163. The monoisotopic (exact) mass is 895 g/mol. The second-order valence-corrected chi connectivity index (χ2v) is 24.5. The number of anilines is 2. The summed E-state index contributed by atoms with van der Waals surface area (Å²) in [5, 5.41) is 21.1. The van der Waals surface area contributed by atoms with Crippen molar-refractivity contribution < 1.29 is 39.0 Å². The summed E-state index contributed by atoms with van der Waals surface area (Å²) in [6.07, 6.45) is 14.0. The van der Waals surface area contributed by atoms with Crippen LogP contribution in [0, 0.1) is 104 Å². The number of hydrogen-bond acceptors (Lipinski definition) is 6. The number of fused-ring (bicyclic) bond motifs is 2. The fourth-order valence-corrected chi connectivity index (χ4v) is 19.2. The molecule has 2 spiro atoms. The molecule has 8 fully saturated rings. The molecule has 6 saturated carbocycles. The number of benzene rings is 1. The first-order valence-electron chi connectivity index (χ1n) is 24.9. The Bertz CT molecular complexity index is 2230. The van der Waals surface area contributed by atoms with Crippen molar-refractivity contribution in [2.24, 2.45) is 104 Å². The number of hydrogen-bond donors (Lipinski definition) is 2. The van der Waals surface area contributed by atoms with Gasteiger partial charge in [-0.25, -0.2) is 0 Å². The van der Waals surface area contributed by atoms with E-state index in [0.29, 0.717) is 49.9 Å². The molecule has 2 saturated heterocycles. The van der Waals surface area contributed by atoms with E-state index in [4.69, 9.17) is 0 Å². The zero-order valence-corrected chi connectivity index (χ0v) is 42.1. The van der Waals surface area contributed by atoms with Gasteiger partial charge in [0.2, 0.25) is 23.6 Å². The zero-order chi connectivity index (χ0) is 45.6. The van der Waals surface area contributed by atoms with Gasteiger partial charge < -0.3 is 10.2 Å². The van der Waals surface area contributed by atoms with Crippen LogP contribution in [0.5, 0.6) is 0 Å². The van der Waals surface area contributed by atoms with Crippen LogP contribution in [0.25, 0.3) is 0 Å². The number of aliphatic carboxylic acids is 2. The molecule has 0 aromatic heterocycles. The predicted molar refractivity (Wildman–Crippen MR) is 246 cm³/mol. The second-order valence-electron chi connectivity index (χ2n) is 24.5. The van der Waals surface area contributed by atoms with Gasteiger partial charge in [-0.3, -0.25) is 38.6 Å². The van der Waals surface area contributed by atoms with Gasteiger partial charge in [-0.05, 0) is 160 Å². The molecule has 2 aliphatic heterocycles. The van der Waals surface area contributed by atoms with Crippen LogP contribution in [0.15, 0.2) is 47.6 Å². The molecular weight excluding hydrogens is 828 g/mol. The van der Waals surface area contributed by atoms with Gasteiger partial charge >= 0.3 is 11.9 Å². The van der Waals surface area contributed by atoms with E-state index in [2.05, 4.69) is 53.7 Å². The van der Waals surface area contributed by atoms with Gasteiger partial charge in [0.05, 0.1) is 45.9 Å². The zero-order valence-electron chi connectivity index (χ0n) is 40.1. The van der Waals surface area contributed by atoms with Gasteiger partial charge in [0.25, 0.3) is 0 Å². The molecule has 65 heavy (non-hydrogen) atoms. The molecule has 10 nitrogen and oxygen atoms in total. The maximum atomic E-state index is 15.1. The van der Waals surface area contributed by atoms with Gasteiger partial charge in [0.1, 0.15) is 0 Å². The predicted octanol–water partition coefficient (Wildman–Crippen LogP) is 9.34. The molecule has 10 aliphatic carbocycles. The van der Waals surface area contributed by atoms with Crippen molar-refractivity contribution in [3.05, 3.63) is 47.6 Å². The van der Waals surface area contributed by atoms with Crippen LogP contribution in [0.2, 0.25) is 0 Å². The van der Waals surface area contributed by atoms with Gasteiger partial charge in [0, 0.05) is 40.4 Å². The number of carboxylic acid groups (broad SMARTS) is 2. The van der Waals surface area contributed by atoms with Crippen LogP contribution in [0.4, 0.5) is 11.4 Å². The Morgan fingerprint density at radius 1 is 0.554 bits per heavy atom. The largest absolute Gasteiger partial charge is 0.481 e. The molecule has 2 N–H and O–H groups in total. The van der Waals surface area contributed by atoms with Crippen LogP contribution in [0.1, 0.15) is 132 Å². The molecule has 4 bridgehead atoms. The molecule has 343 valence electrons. The SMILES string of the molecule is CC(C)C1=CC23CCC4C(C)(C(=O)O)CCCC4(C)C2CC1C1C(=O)N(c2ccc(N4C(=O)C5C6CC7C8(C)CCCC(C)(C(=O)O)C8CCC7(C=C6C(C)C)C5C4=O)cc2)C(=O)C13.[Na]. The Morgan fingerprint density at radius 2 is 0.908 bits per heavy atom. The van der Waals surface area contributed by atoms with E-state index in [9.17, 15) is 29.4 Å². The molecule has 13 rings (SSSR count). The normalized spacial score (nSPS) is 46.7. The Balaban J connectivity index is 0.00000498. The van der Waals surface area contributed by atoms with E-state index in [1.165, 1.54) is 20.9 Å². The molecule has 4 amide bonds. The summed E-state index contributed by atoms with van der Waals surface area (Å²) in [5.74, 6) is -3.77. The smallest absolute Gasteiger partial charge is 0.309 e. The first kappa shape index (κ1) is 45.7. The Morgan fingerprint density at radius 3 is 1.23 bits per heavy atom. The van der Waals surface area contributed by atoms with Crippen molar-refractivity contribution in [1.29, 1.82) is 0 Å². The molecule has 1 radical (unpaired) electrons. The van der Waals surface area contributed by atoms with E-state index in [0.717, 1.165) is 38.5 Å². The maximum Gasteiger partial charge on any atom is 0.309 e. The van der Waals surface area contributed by atoms with Crippen LogP contribution in [0.3, 0.4) is 0 Å². The number of amides is 4. The minimum Gasteiger partial charge on any atom is -0.481 e. The molecule has 2 heterocycles. The summed E-state index contributed by atoms with van der Waals surface area (Å²) in [6.45, 7) is 17.2. The third-order valence-corrected chi connectivity index (χ3v) is 21.7. The summed E-state index contributed by atoms with van der Waals surface area (Å²) in [7, 11) is 0. The van der Waals surface area contributed by atoms with Crippen LogP contribution in [-0.4, -0.2) is 75.3 Å². The maximum absolute atomic E-state index is 15.1. The standard InChI is InChI=1S/C54H68N2O8.Na/c1-27(2)33-25-53-21-15-35-49(5,17-9-19-51(35,7)47(61)62)37(53)23-31(33)39-41(53)45(59)55(43(39)57)29-11-13-30(14-12-29)56-44(58)40-32-24-38-50(6)18-10-20-52(8,48(63)64)36(50)16-22-54(38,42(40)46(56)60)26-34(32)28(3)4;/h11-14,25-28,31-32,35-42H,9-10,15-24H2,1-8H3,(H,61,62)(H,63,64);. The summed E-state index contributed by atoms with van der Waals surface area (Å²) in [4.78, 5) is 88.5. The number of imide groups is 2. The number of rotatable bonds is 6. The molecule has 12 aliphatic rings. The van der Waals surface area contributed by atoms with Crippen LogP contribution in [-0.2, 0) is 28.8 Å². The third-order valence-electron chi connectivity index (χ3n) is 21.7. The molecule has 1 aromatic carbocycles. The summed E-state index contributed by atoms with van der Waals surface area (Å²) in [5.41, 5.74) is 0.169. The average molecular weight is 896 g/mol. The molecule has 16 unspecified atom stereocenters. The third kappa shape index (κ3) is 5.45. The van der Waals surface area contributed by atoms with Crippen molar-refractivity contribution >= 4 is 76.5 Å². The number of carbonyl (C=O) groups excluding carboxylic acids is 4. The number of carboxylic acids is 2. The van der Waals surface area contributed by atoms with Crippen LogP contribution < -0.4 is 9.80 Å². The van der Waals surface area contributed by atoms with Gasteiger partial charge in [0.15, 0.2) is 0 Å². The van der Waals surface area contributed by atoms with Crippen molar-refractivity contribution in [3.8, 4) is 0 Å². The fourth-order valence-electron chi connectivity index (χ4n) is 19.2. The molecular formula is C54H68N2NaO8. The van der Waals surface area contributed by atoms with Gasteiger partial charge in [-0.1, -0.05) is 77.7 Å². The van der Waals surface area contributed by atoms with E-state index in [1.54, 1.807) is 24.3 Å². The fraction of sp³-hybridized carbons (Fsp3) is 0.704. The first-order valence-corrected chi connectivity index (χ1v) is 24.9.